The molecule has 0 aromatic heterocycles. The SMILES string of the molecule is CO[C@]1(C)O[C@@H]2[C@@H](O[C@@]1(C)OC)C(C)(O)[C@@H]1OCO[C@H]2C1=O. The quantitative estimate of drug-likeness (QED) is 0.733. The van der Waals surface area contributed by atoms with Crippen molar-refractivity contribution in [3.8, 4) is 0 Å². The second kappa shape index (κ2) is 4.94. The van der Waals surface area contributed by atoms with Crippen LogP contribution in [0, 0.1) is 0 Å². The van der Waals surface area contributed by atoms with Crippen LogP contribution in [0.3, 0.4) is 0 Å². The maximum atomic E-state index is 12.4. The van der Waals surface area contributed by atoms with E-state index in [1.165, 1.54) is 21.1 Å². The second-order valence-corrected chi connectivity index (χ2v) is 6.30. The molecule has 0 spiro atoms. The Morgan fingerprint density at radius 1 is 1.09 bits per heavy atom. The third-order valence-electron chi connectivity index (χ3n) is 5.04. The van der Waals surface area contributed by atoms with Gasteiger partial charge in [0.2, 0.25) is 11.6 Å². The van der Waals surface area contributed by atoms with E-state index in [4.69, 9.17) is 28.4 Å². The Labute approximate surface area is 128 Å². The van der Waals surface area contributed by atoms with Gasteiger partial charge in [-0.2, -0.15) is 0 Å². The smallest absolute Gasteiger partial charge is 0.220 e. The summed E-state index contributed by atoms with van der Waals surface area (Å²) in [6.45, 7) is 4.70. The molecule has 126 valence electrons. The number of Topliss-reactive ketones (excluding diaryl/α,β-unsaturated/α-hetero) is 1. The van der Waals surface area contributed by atoms with Crippen molar-refractivity contribution in [1.29, 1.82) is 0 Å². The van der Waals surface area contributed by atoms with Crippen LogP contribution in [0.1, 0.15) is 20.8 Å². The molecule has 0 aromatic rings. The largest absolute Gasteiger partial charge is 0.384 e. The highest BCUT2D eigenvalue weighted by molar-refractivity contribution is 5.91. The zero-order chi connectivity index (χ0) is 16.3. The molecule has 8 nitrogen and oxygen atoms in total. The van der Waals surface area contributed by atoms with E-state index in [-0.39, 0.29) is 12.6 Å². The molecule has 8 heteroatoms. The zero-order valence-electron chi connectivity index (χ0n) is 13.3. The van der Waals surface area contributed by atoms with Gasteiger partial charge in [0.1, 0.15) is 24.6 Å². The summed E-state index contributed by atoms with van der Waals surface area (Å²) >= 11 is 0. The minimum atomic E-state index is -1.57. The molecule has 2 saturated heterocycles. The number of fused-ring (bicyclic) bond motifs is 4. The van der Waals surface area contributed by atoms with Gasteiger partial charge in [-0.3, -0.25) is 4.79 Å². The molecule has 3 fully saturated rings. The molecule has 3 rings (SSSR count). The van der Waals surface area contributed by atoms with E-state index in [9.17, 15) is 9.90 Å². The van der Waals surface area contributed by atoms with Gasteiger partial charge >= 0.3 is 0 Å². The summed E-state index contributed by atoms with van der Waals surface area (Å²) < 4.78 is 33.5. The third kappa shape index (κ3) is 1.92. The van der Waals surface area contributed by atoms with E-state index in [2.05, 4.69) is 0 Å². The standard InChI is InChI=1S/C14H22O8/c1-12(16)10-7(15)8(19-6-20-10)9-11(12)22-14(3,18-5)13(2,17-4)21-9/h8-11,16H,6H2,1-5H3/t8-,9-,10+,11+,12?,13+,14+/m0/s1. The molecule has 1 aliphatic carbocycles. The molecular weight excluding hydrogens is 296 g/mol. The summed E-state index contributed by atoms with van der Waals surface area (Å²) in [5.41, 5.74) is -1.57. The van der Waals surface area contributed by atoms with E-state index in [0.717, 1.165) is 0 Å². The molecule has 0 amide bonds. The molecule has 2 bridgehead atoms. The Morgan fingerprint density at radius 2 is 1.68 bits per heavy atom. The van der Waals surface area contributed by atoms with Crippen molar-refractivity contribution in [2.24, 2.45) is 0 Å². The first-order chi connectivity index (χ1) is 10.2. The molecule has 1 N–H and O–H groups in total. The highest BCUT2D eigenvalue weighted by Crippen LogP contribution is 2.47. The summed E-state index contributed by atoms with van der Waals surface area (Å²) in [7, 11) is 2.91. The maximum Gasteiger partial charge on any atom is 0.220 e. The molecule has 22 heavy (non-hydrogen) atoms. The van der Waals surface area contributed by atoms with Crippen LogP contribution in [-0.2, 0) is 33.2 Å². The molecule has 2 aliphatic heterocycles. The van der Waals surface area contributed by atoms with Crippen LogP contribution in [0.2, 0.25) is 0 Å². The molecule has 3 aliphatic rings. The van der Waals surface area contributed by atoms with Crippen molar-refractivity contribution < 1.29 is 38.3 Å². The zero-order valence-corrected chi connectivity index (χ0v) is 13.3. The van der Waals surface area contributed by atoms with Crippen LogP contribution in [0.25, 0.3) is 0 Å². The predicted octanol–water partition coefficient (Wildman–Crippen LogP) is -0.429. The van der Waals surface area contributed by atoms with Crippen molar-refractivity contribution >= 4 is 5.78 Å². The van der Waals surface area contributed by atoms with Crippen LogP contribution in [0.5, 0.6) is 0 Å². The number of ketones is 1. The van der Waals surface area contributed by atoms with Crippen molar-refractivity contribution in [3.05, 3.63) is 0 Å². The Bertz CT molecular complexity index is 479. The molecular formula is C14H22O8. The fourth-order valence-electron chi connectivity index (χ4n) is 3.34. The number of hydrogen-bond acceptors (Lipinski definition) is 8. The Hall–Kier alpha value is -0.610. The van der Waals surface area contributed by atoms with Gasteiger partial charge in [0.25, 0.3) is 0 Å². The highest BCUT2D eigenvalue weighted by Gasteiger charge is 2.68. The van der Waals surface area contributed by atoms with Crippen LogP contribution in [0.15, 0.2) is 0 Å². The number of aliphatic hydroxyl groups is 1. The highest BCUT2D eigenvalue weighted by atomic mass is 16.8. The number of rotatable bonds is 2. The first-order valence-corrected chi connectivity index (χ1v) is 7.15. The van der Waals surface area contributed by atoms with E-state index in [1.807, 2.05) is 0 Å². The third-order valence-corrected chi connectivity index (χ3v) is 5.04. The topological polar surface area (TPSA) is 92.7 Å². The fraction of sp³-hybridized carbons (Fsp3) is 0.929. The first kappa shape index (κ1) is 16.3. The Balaban J connectivity index is 2.03. The summed E-state index contributed by atoms with van der Waals surface area (Å²) in [5.74, 6) is -2.91. The predicted molar refractivity (Wildman–Crippen MR) is 70.8 cm³/mol. The summed E-state index contributed by atoms with van der Waals surface area (Å²) in [4.78, 5) is 12.4. The Kier molecular flexibility index (Phi) is 3.65. The van der Waals surface area contributed by atoms with Gasteiger partial charge in [0, 0.05) is 14.2 Å². The van der Waals surface area contributed by atoms with Gasteiger partial charge < -0.3 is 33.5 Å². The fourth-order valence-corrected chi connectivity index (χ4v) is 3.34. The summed E-state index contributed by atoms with van der Waals surface area (Å²) in [5, 5.41) is 10.8. The molecule has 2 heterocycles. The number of methoxy groups -OCH3 is 2. The van der Waals surface area contributed by atoms with Gasteiger partial charge in [-0.25, -0.2) is 0 Å². The van der Waals surface area contributed by atoms with Crippen LogP contribution >= 0.6 is 0 Å². The maximum absolute atomic E-state index is 12.4. The van der Waals surface area contributed by atoms with Crippen LogP contribution in [0.4, 0.5) is 0 Å². The van der Waals surface area contributed by atoms with E-state index < -0.39 is 41.6 Å². The van der Waals surface area contributed by atoms with Gasteiger partial charge in [0.15, 0.2) is 18.0 Å². The van der Waals surface area contributed by atoms with Crippen LogP contribution in [-0.4, -0.2) is 73.5 Å². The van der Waals surface area contributed by atoms with Gasteiger partial charge in [-0.1, -0.05) is 0 Å². The van der Waals surface area contributed by atoms with E-state index >= 15 is 0 Å². The monoisotopic (exact) mass is 318 g/mol. The Morgan fingerprint density at radius 3 is 2.27 bits per heavy atom. The van der Waals surface area contributed by atoms with E-state index in [0.29, 0.717) is 0 Å². The van der Waals surface area contributed by atoms with Crippen molar-refractivity contribution in [2.45, 2.75) is 62.4 Å². The van der Waals surface area contributed by atoms with Gasteiger partial charge in [0.05, 0.1) is 0 Å². The number of ether oxygens (including phenoxy) is 6. The molecule has 1 saturated carbocycles. The lowest BCUT2D eigenvalue weighted by molar-refractivity contribution is -0.475. The normalized spacial score (nSPS) is 54.9. The van der Waals surface area contributed by atoms with Crippen molar-refractivity contribution in [1.82, 2.24) is 0 Å². The minimum Gasteiger partial charge on any atom is -0.384 e. The number of hydrogen-bond donors (Lipinski definition) is 1. The average molecular weight is 318 g/mol. The van der Waals surface area contributed by atoms with Crippen molar-refractivity contribution in [2.75, 3.05) is 21.0 Å². The van der Waals surface area contributed by atoms with Gasteiger partial charge in [-0.15, -0.1) is 0 Å². The summed E-state index contributed by atoms with van der Waals surface area (Å²) in [6.07, 6.45) is -3.59. The van der Waals surface area contributed by atoms with Crippen LogP contribution < -0.4 is 0 Å². The lowest BCUT2D eigenvalue weighted by atomic mass is 9.75. The average Bonchev–Trinajstić information content (AvgIpc) is 2.48. The molecule has 0 radical (unpaired) electrons. The lowest BCUT2D eigenvalue weighted by Crippen LogP contribution is -2.79. The molecule has 7 atom stereocenters. The van der Waals surface area contributed by atoms with Gasteiger partial charge in [-0.05, 0) is 20.8 Å². The number of carbonyl (C=O) groups is 1. The molecule has 1 unspecified atom stereocenters. The summed E-state index contributed by atoms with van der Waals surface area (Å²) in [6, 6.07) is 0. The minimum absolute atomic E-state index is 0.0882. The number of carbonyl (C=O) groups excluding carboxylic acids is 1. The first-order valence-electron chi connectivity index (χ1n) is 7.15. The lowest BCUT2D eigenvalue weighted by Gasteiger charge is -2.59. The van der Waals surface area contributed by atoms with E-state index in [1.54, 1.807) is 13.8 Å². The van der Waals surface area contributed by atoms with Crippen molar-refractivity contribution in [3.63, 3.8) is 0 Å². The molecule has 0 aromatic carbocycles. The second-order valence-electron chi connectivity index (χ2n) is 6.30.